The van der Waals surface area contributed by atoms with Crippen LogP contribution in [0.4, 0.5) is 10.2 Å². The minimum Gasteiger partial charge on any atom is -0.383 e. The maximum Gasteiger partial charge on any atom is 0.137 e. The zero-order valence-corrected chi connectivity index (χ0v) is 14.8. The Morgan fingerprint density at radius 1 is 1.33 bits per heavy atom. The summed E-state index contributed by atoms with van der Waals surface area (Å²) in [6.45, 7) is 1.93. The molecule has 0 aliphatic heterocycles. The standard InChI is InChI=1S/C13H13Cl2FN2S.CH3Cl/c1-7(19-10-3-2-6-18-13(10)17)11-8(14)4-5-9(16)12(11)15;1-2/h2-3,6-7H,4-5H2,1H3,(H2,17,18);1H3. The number of allylic oxidation sites excluding steroid dienone is 3. The van der Waals surface area contributed by atoms with Crippen molar-refractivity contribution in [3.63, 3.8) is 0 Å². The van der Waals surface area contributed by atoms with Gasteiger partial charge in [0, 0.05) is 34.9 Å². The molecule has 1 unspecified atom stereocenters. The summed E-state index contributed by atoms with van der Waals surface area (Å²) < 4.78 is 13.6. The number of alkyl halides is 1. The summed E-state index contributed by atoms with van der Waals surface area (Å²) in [4.78, 5) is 4.85. The highest BCUT2D eigenvalue weighted by Crippen LogP contribution is 2.42. The Morgan fingerprint density at radius 3 is 2.62 bits per heavy atom. The number of thioether (sulfide) groups is 1. The van der Waals surface area contributed by atoms with Crippen molar-refractivity contribution in [2.24, 2.45) is 0 Å². The highest BCUT2D eigenvalue weighted by atomic mass is 35.5. The van der Waals surface area contributed by atoms with E-state index < -0.39 is 0 Å². The van der Waals surface area contributed by atoms with E-state index in [1.165, 1.54) is 18.1 Å². The van der Waals surface area contributed by atoms with E-state index in [0.717, 1.165) is 4.90 Å². The van der Waals surface area contributed by atoms with Crippen LogP contribution in [-0.2, 0) is 0 Å². The fourth-order valence-corrected chi connectivity index (χ4v) is 3.87. The van der Waals surface area contributed by atoms with Gasteiger partial charge in [-0.2, -0.15) is 0 Å². The SMILES string of the molecule is CC(Sc1cccnc1N)C1=C(Cl)CCC(F)=C1Cl.CCl. The molecule has 1 aliphatic carbocycles. The predicted octanol–water partition coefficient (Wildman–Crippen LogP) is 5.71. The van der Waals surface area contributed by atoms with Gasteiger partial charge in [0.25, 0.3) is 0 Å². The molecule has 116 valence electrons. The monoisotopic (exact) mass is 368 g/mol. The van der Waals surface area contributed by atoms with Crippen molar-refractivity contribution in [1.29, 1.82) is 0 Å². The minimum absolute atomic E-state index is 0.0856. The molecule has 0 radical (unpaired) electrons. The van der Waals surface area contributed by atoms with Crippen molar-refractivity contribution < 1.29 is 4.39 Å². The molecule has 1 aromatic rings. The number of anilines is 1. The van der Waals surface area contributed by atoms with Crippen molar-refractivity contribution in [1.82, 2.24) is 4.98 Å². The van der Waals surface area contributed by atoms with Gasteiger partial charge < -0.3 is 5.73 Å². The number of nitrogens with two attached hydrogens (primary N) is 1. The highest BCUT2D eigenvalue weighted by Gasteiger charge is 2.25. The molecule has 0 saturated carbocycles. The van der Waals surface area contributed by atoms with Crippen molar-refractivity contribution in [2.45, 2.75) is 29.9 Å². The third-order valence-electron chi connectivity index (χ3n) is 2.84. The van der Waals surface area contributed by atoms with E-state index in [1.54, 1.807) is 12.3 Å². The topological polar surface area (TPSA) is 38.9 Å². The first-order valence-corrected chi connectivity index (χ1v) is 8.58. The summed E-state index contributed by atoms with van der Waals surface area (Å²) in [5.41, 5.74) is 6.45. The molecule has 1 aromatic heterocycles. The minimum atomic E-state index is -0.298. The van der Waals surface area contributed by atoms with Gasteiger partial charge in [-0.3, -0.25) is 0 Å². The number of rotatable bonds is 3. The molecule has 2 nitrogen and oxygen atoms in total. The van der Waals surface area contributed by atoms with Crippen LogP contribution in [0, 0.1) is 0 Å². The first-order valence-electron chi connectivity index (χ1n) is 6.18. The van der Waals surface area contributed by atoms with Crippen LogP contribution in [0.1, 0.15) is 19.8 Å². The quantitative estimate of drug-likeness (QED) is 0.548. The van der Waals surface area contributed by atoms with Gasteiger partial charge in [0.15, 0.2) is 0 Å². The molecule has 1 heterocycles. The van der Waals surface area contributed by atoms with Gasteiger partial charge in [0.1, 0.15) is 11.6 Å². The van der Waals surface area contributed by atoms with E-state index in [4.69, 9.17) is 28.9 Å². The summed E-state index contributed by atoms with van der Waals surface area (Å²) in [6.07, 6.45) is 3.86. The van der Waals surface area contributed by atoms with Crippen LogP contribution in [0.3, 0.4) is 0 Å². The molecular weight excluding hydrogens is 354 g/mol. The second-order valence-electron chi connectivity index (χ2n) is 4.18. The first-order chi connectivity index (χ1) is 10.0. The van der Waals surface area contributed by atoms with Gasteiger partial charge >= 0.3 is 0 Å². The summed E-state index contributed by atoms with van der Waals surface area (Å²) in [5, 5.41) is 0.671. The van der Waals surface area contributed by atoms with Crippen molar-refractivity contribution in [3.05, 3.63) is 39.8 Å². The average molecular weight is 370 g/mol. The number of pyridine rings is 1. The van der Waals surface area contributed by atoms with Crippen LogP contribution in [0.25, 0.3) is 0 Å². The van der Waals surface area contributed by atoms with Gasteiger partial charge in [0.05, 0.1) is 9.93 Å². The zero-order chi connectivity index (χ0) is 16.0. The van der Waals surface area contributed by atoms with Gasteiger partial charge in [0.2, 0.25) is 0 Å². The van der Waals surface area contributed by atoms with E-state index >= 15 is 0 Å². The summed E-state index contributed by atoms with van der Waals surface area (Å²) >= 11 is 18.3. The number of hydrogen-bond acceptors (Lipinski definition) is 3. The van der Waals surface area contributed by atoms with Crippen molar-refractivity contribution in [2.75, 3.05) is 12.1 Å². The van der Waals surface area contributed by atoms with Crippen LogP contribution in [0.15, 0.2) is 44.7 Å². The summed E-state index contributed by atoms with van der Waals surface area (Å²) in [6, 6.07) is 3.68. The number of hydrogen-bond donors (Lipinski definition) is 1. The lowest BCUT2D eigenvalue weighted by Gasteiger charge is -2.21. The van der Waals surface area contributed by atoms with Crippen LogP contribution < -0.4 is 5.73 Å². The molecule has 7 heteroatoms. The Hall–Kier alpha value is -0.420. The predicted molar refractivity (Wildman–Crippen MR) is 91.8 cm³/mol. The smallest absolute Gasteiger partial charge is 0.137 e. The Kier molecular flexibility index (Phi) is 7.88. The molecule has 2 rings (SSSR count). The molecule has 2 N–H and O–H groups in total. The van der Waals surface area contributed by atoms with Crippen LogP contribution in [0.5, 0.6) is 0 Å². The van der Waals surface area contributed by atoms with E-state index in [0.29, 0.717) is 22.8 Å². The third kappa shape index (κ3) is 4.78. The lowest BCUT2D eigenvalue weighted by molar-refractivity contribution is 0.578. The van der Waals surface area contributed by atoms with Crippen LogP contribution in [-0.4, -0.2) is 16.6 Å². The lowest BCUT2D eigenvalue weighted by atomic mass is 10.0. The maximum atomic E-state index is 13.6. The molecule has 1 atom stereocenters. The number of nitrogens with zero attached hydrogens (tertiary/aromatic N) is 1. The Labute approximate surface area is 143 Å². The van der Waals surface area contributed by atoms with Crippen LogP contribution >= 0.6 is 46.6 Å². The fraction of sp³-hybridized carbons (Fsp3) is 0.357. The molecule has 1 aliphatic rings. The molecule has 0 fully saturated rings. The Morgan fingerprint density at radius 2 is 2.00 bits per heavy atom. The van der Waals surface area contributed by atoms with Crippen molar-refractivity contribution in [3.8, 4) is 0 Å². The zero-order valence-electron chi connectivity index (χ0n) is 11.7. The molecule has 0 spiro atoms. The summed E-state index contributed by atoms with van der Waals surface area (Å²) in [5.74, 6) is 0.153. The van der Waals surface area contributed by atoms with Gasteiger partial charge in [-0.25, -0.2) is 9.37 Å². The normalized spacial score (nSPS) is 16.5. The maximum absolute atomic E-state index is 13.6. The van der Waals surface area contributed by atoms with Gasteiger partial charge in [-0.05, 0) is 25.5 Å². The van der Waals surface area contributed by atoms with Crippen LogP contribution in [0.2, 0.25) is 0 Å². The lowest BCUT2D eigenvalue weighted by Crippen LogP contribution is -2.09. The van der Waals surface area contributed by atoms with Gasteiger partial charge in [-0.15, -0.1) is 23.4 Å². The van der Waals surface area contributed by atoms with E-state index in [2.05, 4.69) is 16.6 Å². The fourth-order valence-electron chi connectivity index (χ4n) is 1.88. The third-order valence-corrected chi connectivity index (χ3v) is 4.83. The number of aromatic nitrogens is 1. The second-order valence-corrected chi connectivity index (χ2v) is 6.40. The van der Waals surface area contributed by atoms with E-state index in [1.807, 2.05) is 13.0 Å². The molecule has 0 saturated heterocycles. The molecular formula is C14H16Cl3FN2S. The number of nitrogen functional groups attached to an aromatic ring is 1. The average Bonchev–Trinajstić information content (AvgIpc) is 2.48. The van der Waals surface area contributed by atoms with Gasteiger partial charge in [-0.1, -0.05) is 23.2 Å². The van der Waals surface area contributed by atoms with Crippen molar-refractivity contribution >= 4 is 52.4 Å². The van der Waals surface area contributed by atoms with E-state index in [9.17, 15) is 4.39 Å². The second kappa shape index (κ2) is 8.89. The largest absolute Gasteiger partial charge is 0.383 e. The summed E-state index contributed by atoms with van der Waals surface area (Å²) in [7, 11) is 0. The van der Waals surface area contributed by atoms with E-state index in [-0.39, 0.29) is 22.5 Å². The Balaban J connectivity index is 0.00000106. The molecule has 0 amide bonds. The number of halogens is 4. The Bertz CT molecular complexity index is 561. The molecule has 21 heavy (non-hydrogen) atoms. The molecule has 0 aromatic carbocycles. The molecule has 0 bridgehead atoms. The highest BCUT2D eigenvalue weighted by molar-refractivity contribution is 8.00. The first kappa shape index (κ1) is 18.6.